The molecular weight excluding hydrogens is 342 g/mol. The van der Waals surface area contributed by atoms with Crippen molar-refractivity contribution < 1.29 is 17.9 Å². The van der Waals surface area contributed by atoms with Crippen LogP contribution in [0.3, 0.4) is 0 Å². The molecule has 0 saturated heterocycles. The molecule has 1 aromatic heterocycles. The molecule has 0 aliphatic heterocycles. The van der Waals surface area contributed by atoms with Gasteiger partial charge in [-0.1, -0.05) is 0 Å². The van der Waals surface area contributed by atoms with Gasteiger partial charge in [-0.2, -0.15) is 4.72 Å². The number of hydrogen-bond donors (Lipinski definition) is 1. The number of nitrogens with one attached hydrogen (secondary N) is 1. The van der Waals surface area contributed by atoms with Crippen molar-refractivity contribution in [3.63, 3.8) is 0 Å². The molecule has 8 heteroatoms. The average molecular weight is 356 g/mol. The number of carbonyl (C=O) groups is 1. The molecule has 0 saturated carbocycles. The molecule has 1 unspecified atom stereocenters. The van der Waals surface area contributed by atoms with E-state index in [1.165, 1.54) is 6.92 Å². The van der Waals surface area contributed by atoms with E-state index in [9.17, 15) is 13.2 Å². The Kier molecular flexibility index (Phi) is 5.32. The van der Waals surface area contributed by atoms with Crippen molar-refractivity contribution in [3.8, 4) is 0 Å². The van der Waals surface area contributed by atoms with Gasteiger partial charge in [-0.05, 0) is 48.3 Å². The molecule has 0 fully saturated rings. The molecule has 0 amide bonds. The SMILES string of the molecule is CCOC(=O)C(C)NS(=O)(=O)c1cc(C)c(Br)s1. The van der Waals surface area contributed by atoms with Crippen molar-refractivity contribution in [1.82, 2.24) is 4.72 Å². The molecule has 1 N–H and O–H groups in total. The monoisotopic (exact) mass is 355 g/mol. The Morgan fingerprint density at radius 2 is 2.22 bits per heavy atom. The summed E-state index contributed by atoms with van der Waals surface area (Å²) < 4.78 is 31.9. The van der Waals surface area contributed by atoms with Gasteiger partial charge in [0.15, 0.2) is 0 Å². The minimum atomic E-state index is -3.69. The quantitative estimate of drug-likeness (QED) is 0.820. The van der Waals surface area contributed by atoms with Gasteiger partial charge in [-0.25, -0.2) is 8.42 Å². The third-order valence-corrected chi connectivity index (χ3v) is 6.22. The van der Waals surface area contributed by atoms with E-state index < -0.39 is 22.0 Å². The van der Waals surface area contributed by atoms with E-state index in [1.807, 2.05) is 0 Å². The predicted octanol–water partition coefficient (Wildman–Crippen LogP) is 2.05. The van der Waals surface area contributed by atoms with Crippen molar-refractivity contribution in [2.45, 2.75) is 31.0 Å². The zero-order valence-corrected chi connectivity index (χ0v) is 13.4. The van der Waals surface area contributed by atoms with Crippen LogP contribution in [0.15, 0.2) is 14.1 Å². The van der Waals surface area contributed by atoms with Gasteiger partial charge in [0, 0.05) is 0 Å². The van der Waals surface area contributed by atoms with E-state index in [2.05, 4.69) is 20.7 Å². The van der Waals surface area contributed by atoms with Crippen LogP contribution in [-0.2, 0) is 19.6 Å². The maximum Gasteiger partial charge on any atom is 0.323 e. The van der Waals surface area contributed by atoms with Gasteiger partial charge in [0.2, 0.25) is 0 Å². The first-order chi connectivity index (χ1) is 8.27. The number of sulfonamides is 1. The van der Waals surface area contributed by atoms with Gasteiger partial charge in [-0.3, -0.25) is 4.79 Å². The number of halogens is 1. The predicted molar refractivity (Wildman–Crippen MR) is 73.2 cm³/mol. The van der Waals surface area contributed by atoms with Crippen LogP contribution in [0.25, 0.3) is 0 Å². The lowest BCUT2D eigenvalue weighted by molar-refractivity contribution is -0.144. The van der Waals surface area contributed by atoms with Crippen molar-refractivity contribution in [2.75, 3.05) is 6.61 Å². The molecule has 0 aliphatic carbocycles. The molecule has 1 rings (SSSR count). The van der Waals surface area contributed by atoms with Gasteiger partial charge < -0.3 is 4.74 Å². The molecule has 0 aliphatic rings. The lowest BCUT2D eigenvalue weighted by atomic mass is 10.4. The number of ether oxygens (including phenoxy) is 1. The smallest absolute Gasteiger partial charge is 0.323 e. The van der Waals surface area contributed by atoms with E-state index in [1.54, 1.807) is 19.9 Å². The molecular formula is C10H14BrNO4S2. The van der Waals surface area contributed by atoms with E-state index in [0.717, 1.165) is 20.7 Å². The Morgan fingerprint density at radius 3 is 2.67 bits per heavy atom. The van der Waals surface area contributed by atoms with Gasteiger partial charge in [-0.15, -0.1) is 11.3 Å². The lowest BCUT2D eigenvalue weighted by Crippen LogP contribution is -2.39. The van der Waals surface area contributed by atoms with Gasteiger partial charge in [0.05, 0.1) is 10.4 Å². The minimum absolute atomic E-state index is 0.169. The third-order valence-electron chi connectivity index (χ3n) is 2.07. The van der Waals surface area contributed by atoms with Crippen molar-refractivity contribution >= 4 is 43.3 Å². The number of thiophene rings is 1. The largest absolute Gasteiger partial charge is 0.465 e. The summed E-state index contributed by atoms with van der Waals surface area (Å²) >= 11 is 4.37. The highest BCUT2D eigenvalue weighted by Gasteiger charge is 2.24. The first-order valence-corrected chi connectivity index (χ1v) is 8.32. The third kappa shape index (κ3) is 3.78. The second-order valence-corrected chi connectivity index (χ2v) is 7.93. The Labute approximate surface area is 119 Å². The second kappa shape index (κ2) is 6.14. The van der Waals surface area contributed by atoms with Gasteiger partial charge in [0.25, 0.3) is 10.0 Å². The van der Waals surface area contributed by atoms with Crippen LogP contribution in [-0.4, -0.2) is 27.0 Å². The van der Waals surface area contributed by atoms with E-state index in [-0.39, 0.29) is 10.8 Å². The zero-order valence-electron chi connectivity index (χ0n) is 10.2. The Bertz CT molecular complexity index is 519. The number of rotatable bonds is 5. The fraction of sp³-hybridized carbons (Fsp3) is 0.500. The average Bonchev–Trinajstić information content (AvgIpc) is 2.60. The van der Waals surface area contributed by atoms with Gasteiger partial charge in [0.1, 0.15) is 10.3 Å². The molecule has 1 heterocycles. The summed E-state index contributed by atoms with van der Waals surface area (Å²) in [4.78, 5) is 11.4. The topological polar surface area (TPSA) is 72.5 Å². The van der Waals surface area contributed by atoms with Crippen LogP contribution in [0.2, 0.25) is 0 Å². The first kappa shape index (κ1) is 15.6. The summed E-state index contributed by atoms with van der Waals surface area (Å²) in [6.07, 6.45) is 0. The molecule has 102 valence electrons. The van der Waals surface area contributed by atoms with Crippen molar-refractivity contribution in [1.29, 1.82) is 0 Å². The van der Waals surface area contributed by atoms with Crippen LogP contribution in [0, 0.1) is 6.92 Å². The van der Waals surface area contributed by atoms with Crippen LogP contribution >= 0.6 is 27.3 Å². The van der Waals surface area contributed by atoms with Crippen molar-refractivity contribution in [3.05, 3.63) is 15.4 Å². The fourth-order valence-corrected chi connectivity index (χ4v) is 4.60. The summed E-state index contributed by atoms with van der Waals surface area (Å²) in [6, 6.07) is 0.644. The highest BCUT2D eigenvalue weighted by Crippen LogP contribution is 2.30. The number of aryl methyl sites for hydroxylation is 1. The van der Waals surface area contributed by atoms with Crippen molar-refractivity contribution in [2.24, 2.45) is 0 Å². The van der Waals surface area contributed by atoms with Gasteiger partial charge >= 0.3 is 5.97 Å². The molecule has 0 radical (unpaired) electrons. The number of carbonyl (C=O) groups excluding carboxylic acids is 1. The van der Waals surface area contributed by atoms with Crippen LogP contribution in [0.5, 0.6) is 0 Å². The van der Waals surface area contributed by atoms with Crippen LogP contribution in [0.4, 0.5) is 0 Å². The number of hydrogen-bond acceptors (Lipinski definition) is 5. The molecule has 0 bridgehead atoms. The summed E-state index contributed by atoms with van der Waals surface area (Å²) in [5.41, 5.74) is 0.837. The van der Waals surface area contributed by atoms with Crippen LogP contribution < -0.4 is 4.72 Å². The summed E-state index contributed by atoms with van der Waals surface area (Å²) in [5.74, 6) is -0.589. The molecule has 1 aromatic rings. The van der Waals surface area contributed by atoms with Crippen LogP contribution in [0.1, 0.15) is 19.4 Å². The molecule has 0 aromatic carbocycles. The van der Waals surface area contributed by atoms with E-state index >= 15 is 0 Å². The first-order valence-electron chi connectivity index (χ1n) is 5.22. The number of esters is 1. The molecule has 18 heavy (non-hydrogen) atoms. The lowest BCUT2D eigenvalue weighted by Gasteiger charge is -2.11. The standard InChI is InChI=1S/C10H14BrNO4S2/c1-4-16-10(13)7(3)12-18(14,15)8-5-6(2)9(11)17-8/h5,7,12H,4H2,1-3H3. The van der Waals surface area contributed by atoms with E-state index in [4.69, 9.17) is 4.74 Å². The van der Waals surface area contributed by atoms with E-state index in [0.29, 0.717) is 0 Å². The summed E-state index contributed by atoms with van der Waals surface area (Å²) in [5, 5.41) is 0. The molecule has 0 spiro atoms. The second-order valence-electron chi connectivity index (χ2n) is 3.62. The summed E-state index contributed by atoms with van der Waals surface area (Å²) in [7, 11) is -3.69. The minimum Gasteiger partial charge on any atom is -0.465 e. The Hall–Kier alpha value is -0.440. The highest BCUT2D eigenvalue weighted by atomic mass is 79.9. The molecule has 5 nitrogen and oxygen atoms in total. The molecule has 1 atom stereocenters. The normalized spacial score (nSPS) is 13.3. The summed E-state index contributed by atoms with van der Waals surface area (Å²) in [6.45, 7) is 5.13. The Balaban J connectivity index is 2.85. The Morgan fingerprint density at radius 1 is 1.61 bits per heavy atom. The zero-order chi connectivity index (χ0) is 13.9. The maximum atomic E-state index is 12.0. The maximum absolute atomic E-state index is 12.0. The highest BCUT2D eigenvalue weighted by molar-refractivity contribution is 9.11. The fourth-order valence-electron chi connectivity index (χ4n) is 1.17.